The van der Waals surface area contributed by atoms with E-state index in [9.17, 15) is 4.79 Å². The molecule has 2 aliphatic carbocycles. The van der Waals surface area contributed by atoms with Gasteiger partial charge in [0.1, 0.15) is 6.10 Å². The first-order valence-electron chi connectivity index (χ1n) is 8.37. The third-order valence-corrected chi connectivity index (χ3v) is 7.09. The second-order valence-electron chi connectivity index (χ2n) is 7.81. The molecule has 1 aromatic heterocycles. The first-order valence-corrected chi connectivity index (χ1v) is 9.35. The van der Waals surface area contributed by atoms with E-state index in [0.29, 0.717) is 11.1 Å². The Kier molecular flexibility index (Phi) is 4.20. The van der Waals surface area contributed by atoms with Crippen molar-refractivity contribution < 1.29 is 9.53 Å². The molecule has 0 aromatic carbocycles. The first kappa shape index (κ1) is 16.7. The quantitative estimate of drug-likeness (QED) is 0.474. The lowest BCUT2D eigenvalue weighted by Crippen LogP contribution is -2.38. The second kappa shape index (κ2) is 5.76. The van der Waals surface area contributed by atoms with Crippen LogP contribution in [0.2, 0.25) is 0 Å². The van der Waals surface area contributed by atoms with Crippen molar-refractivity contribution in [3.8, 4) is 0 Å². The molecule has 0 aliphatic heterocycles. The van der Waals surface area contributed by atoms with Gasteiger partial charge in [0.25, 0.3) is 0 Å². The molecule has 2 fully saturated rings. The van der Waals surface area contributed by atoms with E-state index >= 15 is 0 Å². The second-order valence-corrected chi connectivity index (χ2v) is 8.75. The molecule has 2 aliphatic rings. The van der Waals surface area contributed by atoms with Gasteiger partial charge in [0.2, 0.25) is 0 Å². The number of hydrogen-bond donors (Lipinski definition) is 0. The van der Waals surface area contributed by atoms with Crippen LogP contribution in [0, 0.1) is 30.6 Å². The Bertz CT molecular complexity index is 611. The Morgan fingerprint density at radius 1 is 1.30 bits per heavy atom. The summed E-state index contributed by atoms with van der Waals surface area (Å²) in [6, 6.07) is 1.93. The van der Waals surface area contributed by atoms with E-state index < -0.39 is 0 Å². The molecule has 0 saturated heterocycles. The van der Waals surface area contributed by atoms with Crippen molar-refractivity contribution >= 4 is 17.7 Å². The van der Waals surface area contributed by atoms with Crippen molar-refractivity contribution in [3.05, 3.63) is 17.5 Å². The number of fused-ring (bicyclic) bond motifs is 2. The normalized spacial score (nSPS) is 31.3. The molecule has 1 aromatic rings. The van der Waals surface area contributed by atoms with E-state index in [0.717, 1.165) is 24.2 Å². The molecule has 0 unspecified atom stereocenters. The highest BCUT2D eigenvalue weighted by molar-refractivity contribution is 7.99. The number of carbonyl (C=O) groups excluding carboxylic acids is 1. The van der Waals surface area contributed by atoms with Crippen molar-refractivity contribution in [1.29, 1.82) is 0 Å². The standard InChI is InChI=1S/C18H26N2O2S/c1-11-8-12(2)20-16(19-11)23-10-15(21)22-14-9-13-6-7-18(14,5)17(13,3)4/h8,13-14H,6-7,9-10H2,1-5H3/t13-,14-,18-/m0/s1. The van der Waals surface area contributed by atoms with Crippen LogP contribution >= 0.6 is 11.8 Å². The number of rotatable bonds is 4. The third kappa shape index (κ3) is 2.88. The molecule has 2 saturated carbocycles. The molecular formula is C18H26N2O2S. The fourth-order valence-corrected chi connectivity index (χ4v) is 5.11. The van der Waals surface area contributed by atoms with Gasteiger partial charge in [-0.2, -0.15) is 0 Å². The lowest BCUT2D eigenvalue weighted by atomic mass is 9.70. The molecule has 3 atom stereocenters. The number of ether oxygens (including phenoxy) is 1. The molecule has 4 nitrogen and oxygen atoms in total. The van der Waals surface area contributed by atoms with Crippen molar-refractivity contribution in [1.82, 2.24) is 9.97 Å². The van der Waals surface area contributed by atoms with Gasteiger partial charge in [-0.05, 0) is 50.5 Å². The lowest BCUT2D eigenvalue weighted by molar-refractivity contribution is -0.153. The van der Waals surface area contributed by atoms with Crippen LogP contribution < -0.4 is 0 Å². The Morgan fingerprint density at radius 2 is 1.96 bits per heavy atom. The number of aromatic nitrogens is 2. The average Bonchev–Trinajstić information content (AvgIpc) is 2.77. The minimum atomic E-state index is -0.146. The highest BCUT2D eigenvalue weighted by Gasteiger charge is 2.62. The van der Waals surface area contributed by atoms with Crippen LogP contribution in [0.5, 0.6) is 0 Å². The lowest BCUT2D eigenvalue weighted by Gasteiger charge is -2.38. The summed E-state index contributed by atoms with van der Waals surface area (Å²) in [6.07, 6.45) is 3.50. The topological polar surface area (TPSA) is 52.1 Å². The monoisotopic (exact) mass is 334 g/mol. The predicted octanol–water partition coefficient (Wildman–Crippen LogP) is 3.94. The minimum Gasteiger partial charge on any atom is -0.461 e. The van der Waals surface area contributed by atoms with E-state index in [4.69, 9.17) is 4.74 Å². The van der Waals surface area contributed by atoms with E-state index in [2.05, 4.69) is 30.7 Å². The first-order chi connectivity index (χ1) is 10.7. The largest absolute Gasteiger partial charge is 0.461 e. The van der Waals surface area contributed by atoms with Gasteiger partial charge in [0, 0.05) is 16.8 Å². The summed E-state index contributed by atoms with van der Waals surface area (Å²) < 4.78 is 5.85. The molecule has 0 N–H and O–H groups in total. The summed E-state index contributed by atoms with van der Waals surface area (Å²) in [5.74, 6) is 0.814. The summed E-state index contributed by atoms with van der Waals surface area (Å²) in [4.78, 5) is 21.0. The van der Waals surface area contributed by atoms with Gasteiger partial charge in [-0.15, -0.1) is 0 Å². The number of esters is 1. The van der Waals surface area contributed by atoms with Crippen molar-refractivity contribution in [2.75, 3.05) is 5.75 Å². The Hall–Kier alpha value is -1.10. The Balaban J connectivity index is 1.58. The zero-order valence-electron chi connectivity index (χ0n) is 14.7. The van der Waals surface area contributed by atoms with Gasteiger partial charge in [0.05, 0.1) is 5.75 Å². The Labute approximate surface area is 142 Å². The van der Waals surface area contributed by atoms with Crippen LogP contribution in [0.3, 0.4) is 0 Å². The maximum absolute atomic E-state index is 12.3. The predicted molar refractivity (Wildman–Crippen MR) is 91.3 cm³/mol. The van der Waals surface area contributed by atoms with Gasteiger partial charge in [-0.25, -0.2) is 9.97 Å². The van der Waals surface area contributed by atoms with E-state index in [1.54, 1.807) is 0 Å². The number of hydrogen-bond acceptors (Lipinski definition) is 5. The van der Waals surface area contributed by atoms with Crippen molar-refractivity contribution in [2.24, 2.45) is 16.7 Å². The van der Waals surface area contributed by atoms with Gasteiger partial charge >= 0.3 is 5.97 Å². The molecule has 3 rings (SSSR count). The van der Waals surface area contributed by atoms with Crippen LogP contribution in [-0.4, -0.2) is 27.8 Å². The summed E-state index contributed by atoms with van der Waals surface area (Å²) in [7, 11) is 0. The SMILES string of the molecule is Cc1cc(C)nc(SCC(=O)O[C@H]2C[C@@H]3CC[C@]2(C)C3(C)C)n1. The average molecular weight is 334 g/mol. The fraction of sp³-hybridized carbons (Fsp3) is 0.722. The molecular weight excluding hydrogens is 308 g/mol. The maximum Gasteiger partial charge on any atom is 0.316 e. The molecule has 0 amide bonds. The summed E-state index contributed by atoms with van der Waals surface area (Å²) in [6.45, 7) is 10.8. The zero-order chi connectivity index (χ0) is 16.8. The third-order valence-electron chi connectivity index (χ3n) is 6.27. The highest BCUT2D eigenvalue weighted by Crippen LogP contribution is 2.66. The summed E-state index contributed by atoms with van der Waals surface area (Å²) in [5, 5.41) is 0.652. The number of aryl methyl sites for hydroxylation is 2. The molecule has 0 spiro atoms. The van der Waals surface area contributed by atoms with Gasteiger partial charge < -0.3 is 4.74 Å². The molecule has 126 valence electrons. The molecule has 5 heteroatoms. The summed E-state index contributed by atoms with van der Waals surface area (Å²) >= 11 is 1.36. The van der Waals surface area contributed by atoms with Crippen LogP contribution in [0.25, 0.3) is 0 Å². The highest BCUT2D eigenvalue weighted by atomic mass is 32.2. The van der Waals surface area contributed by atoms with E-state index in [-0.39, 0.29) is 28.7 Å². The number of thioether (sulfide) groups is 1. The molecule has 0 radical (unpaired) electrons. The van der Waals surface area contributed by atoms with Crippen LogP contribution in [0.15, 0.2) is 11.2 Å². The molecule has 23 heavy (non-hydrogen) atoms. The van der Waals surface area contributed by atoms with Crippen LogP contribution in [0.1, 0.15) is 51.4 Å². The van der Waals surface area contributed by atoms with Crippen LogP contribution in [0.4, 0.5) is 0 Å². The number of nitrogens with zero attached hydrogens (tertiary/aromatic N) is 2. The zero-order valence-corrected chi connectivity index (χ0v) is 15.5. The molecule has 1 heterocycles. The minimum absolute atomic E-state index is 0.0597. The number of carbonyl (C=O) groups is 1. The summed E-state index contributed by atoms with van der Waals surface area (Å²) in [5.41, 5.74) is 2.24. The van der Waals surface area contributed by atoms with Gasteiger partial charge in [-0.3, -0.25) is 4.79 Å². The van der Waals surface area contributed by atoms with E-state index in [1.165, 1.54) is 18.2 Å². The molecule has 2 bridgehead atoms. The van der Waals surface area contributed by atoms with Crippen LogP contribution in [-0.2, 0) is 9.53 Å². The Morgan fingerprint density at radius 3 is 2.48 bits per heavy atom. The maximum atomic E-state index is 12.3. The van der Waals surface area contributed by atoms with Crippen molar-refractivity contribution in [3.63, 3.8) is 0 Å². The van der Waals surface area contributed by atoms with Crippen molar-refractivity contribution in [2.45, 2.75) is 65.1 Å². The van der Waals surface area contributed by atoms with E-state index in [1.807, 2.05) is 19.9 Å². The van der Waals surface area contributed by atoms with Gasteiger partial charge in [0.15, 0.2) is 5.16 Å². The van der Waals surface area contributed by atoms with Gasteiger partial charge in [-0.1, -0.05) is 32.5 Å². The fourth-order valence-electron chi connectivity index (χ4n) is 4.38. The smallest absolute Gasteiger partial charge is 0.316 e.